The summed E-state index contributed by atoms with van der Waals surface area (Å²) in [5, 5.41) is 0.472. The first-order chi connectivity index (χ1) is 13.2. The molecule has 2 aliphatic rings. The number of nitrogens with zero attached hydrogens (tertiary/aromatic N) is 3. The van der Waals surface area contributed by atoms with Crippen molar-refractivity contribution in [3.05, 3.63) is 36.4 Å². The Balaban J connectivity index is 1.68. The summed E-state index contributed by atoms with van der Waals surface area (Å²) in [6, 6.07) is 4.19. The van der Waals surface area contributed by atoms with E-state index in [9.17, 15) is 17.6 Å². The molecule has 2 N–H and O–H groups in total. The zero-order chi connectivity index (χ0) is 20.1. The maximum atomic E-state index is 14.4. The highest BCUT2D eigenvalue weighted by molar-refractivity contribution is 7.89. The van der Waals surface area contributed by atoms with Crippen LogP contribution in [-0.4, -0.2) is 59.7 Å². The fourth-order valence-electron chi connectivity index (χ4n) is 3.84. The number of fused-ring (bicyclic) bond motifs is 1. The summed E-state index contributed by atoms with van der Waals surface area (Å²) >= 11 is 0. The second-order valence-electron chi connectivity index (χ2n) is 7.70. The highest BCUT2D eigenvalue weighted by Gasteiger charge is 2.49. The Kier molecular flexibility index (Phi) is 4.64. The molecule has 0 unspecified atom stereocenters. The van der Waals surface area contributed by atoms with Gasteiger partial charge in [0.15, 0.2) is 5.82 Å². The van der Waals surface area contributed by atoms with Crippen LogP contribution in [0.1, 0.15) is 26.2 Å². The standard InChI is InChI=1S/C19H23FN4O3S/c1-13-12-23(18(25)19(21)6-7-19)8-3-9-24(13)28(26,27)16-5-2-4-14-10-22-11-15(20)17(14)16/h2,4-5,10-11,13H,3,6-9,12,21H2,1H3/t13-/m0/s1. The van der Waals surface area contributed by atoms with Crippen LogP contribution in [0.5, 0.6) is 0 Å². The van der Waals surface area contributed by atoms with Gasteiger partial charge in [-0.05, 0) is 32.3 Å². The minimum absolute atomic E-state index is 0.0424. The molecule has 2 fully saturated rings. The van der Waals surface area contributed by atoms with Gasteiger partial charge in [-0.2, -0.15) is 4.31 Å². The van der Waals surface area contributed by atoms with Gasteiger partial charge < -0.3 is 10.6 Å². The van der Waals surface area contributed by atoms with Crippen LogP contribution in [0, 0.1) is 5.82 Å². The molecule has 1 aliphatic carbocycles. The van der Waals surface area contributed by atoms with E-state index in [-0.39, 0.29) is 29.3 Å². The average Bonchev–Trinajstić information content (AvgIpc) is 3.44. The normalized spacial score (nSPS) is 22.8. The van der Waals surface area contributed by atoms with Gasteiger partial charge in [-0.1, -0.05) is 12.1 Å². The van der Waals surface area contributed by atoms with E-state index in [0.29, 0.717) is 31.2 Å². The van der Waals surface area contributed by atoms with Crippen LogP contribution in [0.2, 0.25) is 0 Å². The number of sulfonamides is 1. The van der Waals surface area contributed by atoms with E-state index < -0.39 is 27.4 Å². The van der Waals surface area contributed by atoms with Gasteiger partial charge in [0.2, 0.25) is 15.9 Å². The lowest BCUT2D eigenvalue weighted by atomic mass is 10.2. The van der Waals surface area contributed by atoms with Crippen molar-refractivity contribution in [2.45, 2.75) is 42.7 Å². The number of rotatable bonds is 3. The quantitative estimate of drug-likeness (QED) is 0.833. The molecule has 28 heavy (non-hydrogen) atoms. The Morgan fingerprint density at radius 3 is 2.75 bits per heavy atom. The van der Waals surface area contributed by atoms with Crippen LogP contribution in [0.25, 0.3) is 10.8 Å². The van der Waals surface area contributed by atoms with Gasteiger partial charge in [-0.15, -0.1) is 0 Å². The van der Waals surface area contributed by atoms with Crippen molar-refractivity contribution in [3.63, 3.8) is 0 Å². The third kappa shape index (κ3) is 3.17. The van der Waals surface area contributed by atoms with Gasteiger partial charge in [-0.25, -0.2) is 12.8 Å². The van der Waals surface area contributed by atoms with Crippen molar-refractivity contribution in [1.29, 1.82) is 0 Å². The minimum Gasteiger partial charge on any atom is -0.339 e. The Morgan fingerprint density at radius 2 is 2.04 bits per heavy atom. The molecule has 1 atom stereocenters. The van der Waals surface area contributed by atoms with Gasteiger partial charge in [0.1, 0.15) is 0 Å². The largest absolute Gasteiger partial charge is 0.339 e. The summed E-state index contributed by atoms with van der Waals surface area (Å²) < 4.78 is 42.6. The molecule has 1 aliphatic heterocycles. The lowest BCUT2D eigenvalue weighted by molar-refractivity contribution is -0.133. The number of hydrogen-bond donors (Lipinski definition) is 1. The number of hydrogen-bond acceptors (Lipinski definition) is 5. The summed E-state index contributed by atoms with van der Waals surface area (Å²) in [4.78, 5) is 18.0. The first-order valence-electron chi connectivity index (χ1n) is 9.36. The van der Waals surface area contributed by atoms with E-state index in [0.717, 1.165) is 6.20 Å². The molecular weight excluding hydrogens is 383 g/mol. The molecule has 0 spiro atoms. The summed E-state index contributed by atoms with van der Waals surface area (Å²) in [6.45, 7) is 2.75. The van der Waals surface area contributed by atoms with E-state index in [1.54, 1.807) is 24.0 Å². The summed E-state index contributed by atoms with van der Waals surface area (Å²) in [5.41, 5.74) is 5.26. The molecule has 1 saturated heterocycles. The Bertz CT molecular complexity index is 1030. The van der Waals surface area contributed by atoms with E-state index in [2.05, 4.69) is 4.98 Å². The number of halogens is 1. The topological polar surface area (TPSA) is 96.6 Å². The van der Waals surface area contributed by atoms with Gasteiger partial charge in [0.25, 0.3) is 0 Å². The van der Waals surface area contributed by atoms with E-state index in [1.807, 2.05) is 0 Å². The maximum Gasteiger partial charge on any atom is 0.244 e. The second kappa shape index (κ2) is 6.75. The van der Waals surface area contributed by atoms with Crippen molar-refractivity contribution >= 4 is 26.7 Å². The van der Waals surface area contributed by atoms with Crippen LogP contribution < -0.4 is 5.73 Å². The molecule has 7 nitrogen and oxygen atoms in total. The number of carbonyl (C=O) groups excluding carboxylic acids is 1. The average molecular weight is 406 g/mol. The monoisotopic (exact) mass is 406 g/mol. The number of aromatic nitrogens is 1. The zero-order valence-corrected chi connectivity index (χ0v) is 16.5. The fraction of sp³-hybridized carbons (Fsp3) is 0.474. The number of nitrogens with two attached hydrogens (primary N) is 1. The van der Waals surface area contributed by atoms with Crippen LogP contribution >= 0.6 is 0 Å². The first-order valence-corrected chi connectivity index (χ1v) is 10.8. The molecule has 9 heteroatoms. The Hall–Kier alpha value is -2.10. The van der Waals surface area contributed by atoms with Crippen LogP contribution in [0.15, 0.2) is 35.5 Å². The zero-order valence-electron chi connectivity index (χ0n) is 15.6. The first kappa shape index (κ1) is 19.2. The van der Waals surface area contributed by atoms with Crippen molar-refractivity contribution in [1.82, 2.24) is 14.2 Å². The summed E-state index contributed by atoms with van der Waals surface area (Å²) in [7, 11) is -3.96. The molecule has 2 aromatic rings. The third-order valence-corrected chi connectivity index (χ3v) is 7.63. The number of carbonyl (C=O) groups is 1. The molecule has 1 saturated carbocycles. The van der Waals surface area contributed by atoms with Crippen molar-refractivity contribution in [2.24, 2.45) is 5.73 Å². The smallest absolute Gasteiger partial charge is 0.244 e. The molecule has 0 bridgehead atoms. The van der Waals surface area contributed by atoms with Gasteiger partial charge in [0.05, 0.1) is 16.6 Å². The number of pyridine rings is 1. The maximum absolute atomic E-state index is 14.4. The lowest BCUT2D eigenvalue weighted by Gasteiger charge is -2.29. The molecule has 0 radical (unpaired) electrons. The summed E-state index contributed by atoms with van der Waals surface area (Å²) in [6.07, 6.45) is 4.30. The Morgan fingerprint density at radius 1 is 1.29 bits per heavy atom. The van der Waals surface area contributed by atoms with E-state index in [1.165, 1.54) is 16.6 Å². The molecule has 1 aromatic heterocycles. The Labute approximate surface area is 163 Å². The SMILES string of the molecule is C[C@H]1CN(C(=O)C2(N)CC2)CCCN1S(=O)(=O)c1cccc2cncc(F)c12. The molecule has 1 amide bonds. The highest BCUT2D eigenvalue weighted by atomic mass is 32.2. The number of benzene rings is 1. The fourth-order valence-corrected chi connectivity index (χ4v) is 5.73. The van der Waals surface area contributed by atoms with Crippen LogP contribution in [0.3, 0.4) is 0 Å². The van der Waals surface area contributed by atoms with E-state index >= 15 is 0 Å². The predicted molar refractivity (Wildman–Crippen MR) is 102 cm³/mol. The molecule has 2 heterocycles. The molecule has 150 valence electrons. The molecular formula is C19H23FN4O3S. The van der Waals surface area contributed by atoms with Crippen molar-refractivity contribution in [3.8, 4) is 0 Å². The summed E-state index contributed by atoms with van der Waals surface area (Å²) in [5.74, 6) is -0.782. The van der Waals surface area contributed by atoms with Gasteiger partial charge in [-0.3, -0.25) is 9.78 Å². The van der Waals surface area contributed by atoms with Gasteiger partial charge in [0, 0.05) is 42.6 Å². The van der Waals surface area contributed by atoms with Gasteiger partial charge >= 0.3 is 0 Å². The predicted octanol–water partition coefficient (Wildman–Crippen LogP) is 1.48. The number of amides is 1. The van der Waals surface area contributed by atoms with Crippen LogP contribution in [0.4, 0.5) is 4.39 Å². The molecule has 1 aromatic carbocycles. The highest BCUT2D eigenvalue weighted by Crippen LogP contribution is 2.35. The van der Waals surface area contributed by atoms with Crippen molar-refractivity contribution < 1.29 is 17.6 Å². The minimum atomic E-state index is -3.96. The molecule has 4 rings (SSSR count). The van der Waals surface area contributed by atoms with Crippen LogP contribution in [-0.2, 0) is 14.8 Å². The lowest BCUT2D eigenvalue weighted by Crippen LogP contribution is -2.49. The second-order valence-corrected chi connectivity index (χ2v) is 9.56. The van der Waals surface area contributed by atoms with Crippen molar-refractivity contribution in [2.75, 3.05) is 19.6 Å². The third-order valence-electron chi connectivity index (χ3n) is 5.57. The van der Waals surface area contributed by atoms with E-state index in [4.69, 9.17) is 5.73 Å².